The minimum atomic E-state index is -1.91. The van der Waals surface area contributed by atoms with Crippen LogP contribution in [0.25, 0.3) is 22.5 Å². The second-order valence-corrected chi connectivity index (χ2v) is 22.9. The summed E-state index contributed by atoms with van der Waals surface area (Å²) in [5.74, 6) is -5.34. The smallest absolute Gasteiger partial charge is 0.338 e. The van der Waals surface area contributed by atoms with Crippen LogP contribution in [-0.4, -0.2) is 224 Å². The maximum atomic E-state index is 14.8. The summed E-state index contributed by atoms with van der Waals surface area (Å²) in [5, 5.41) is 119. The standard InChI is InChI=1S/C59H73F2N7O20/c1-29-45(71)49(75)50(76)58(82-29)88-51-39(67-25-37(63-65-67)32-14-8-16-35(60)21-32)23-34(54(77)62-18-19-81-57-48(74)44(46(72)42(27-69)85-57)68-26-38(64-66-68)33-15-9-17-36(61)22-33)24-40(51)84-59-53(87-56(80)31-12-6-3-7-13-31)52(47(73)43(28-70)86-59)83-41(55(78)79)20-30-10-4-2-5-11-30/h3,6-9,12-17,21-22,25-26,29-30,34,39-53,57-59,69-76H,2,4-5,10-11,18-20,23-24,27-28H2,1H3,(H,62,77)(H,78,79)/t29?,34?,39?,40-,41+,42?,43?,44?,45-,46-,47+,48?,49?,50?,51?,52?,53?,57+,58+,59-/m1/s1. The van der Waals surface area contributed by atoms with Crippen molar-refractivity contribution in [1.29, 1.82) is 0 Å². The molecule has 10 N–H and O–H groups in total. The van der Waals surface area contributed by atoms with Gasteiger partial charge in [0.1, 0.15) is 90.1 Å². The molecule has 3 aliphatic heterocycles. The number of ether oxygens (including phenoxy) is 8. The van der Waals surface area contributed by atoms with Crippen LogP contribution in [0.5, 0.6) is 0 Å². The summed E-state index contributed by atoms with van der Waals surface area (Å²) in [7, 11) is 0. The van der Waals surface area contributed by atoms with E-state index in [0.717, 1.165) is 36.8 Å². The van der Waals surface area contributed by atoms with Crippen LogP contribution >= 0.6 is 0 Å². The van der Waals surface area contributed by atoms with E-state index in [-0.39, 0.29) is 55.3 Å². The van der Waals surface area contributed by atoms with Gasteiger partial charge in [-0.25, -0.2) is 27.7 Å². The summed E-state index contributed by atoms with van der Waals surface area (Å²) in [6.45, 7) is -0.802. The third-order valence-corrected chi connectivity index (χ3v) is 16.9. The van der Waals surface area contributed by atoms with Crippen molar-refractivity contribution in [2.75, 3.05) is 26.4 Å². The van der Waals surface area contributed by atoms with E-state index in [2.05, 4.69) is 25.9 Å². The van der Waals surface area contributed by atoms with Crippen LogP contribution in [0.15, 0.2) is 91.3 Å². The lowest BCUT2D eigenvalue weighted by Crippen LogP contribution is -2.64. The topological polar surface area (TPSA) is 381 Å². The van der Waals surface area contributed by atoms with Gasteiger partial charge < -0.3 is 89.2 Å². The number of carbonyl (C=O) groups excluding carboxylic acids is 2. The van der Waals surface area contributed by atoms with E-state index >= 15 is 0 Å². The number of aliphatic hydroxyl groups excluding tert-OH is 8. The predicted octanol–water partition coefficient (Wildman–Crippen LogP) is 0.956. The van der Waals surface area contributed by atoms with Gasteiger partial charge in [0.25, 0.3) is 0 Å². The number of aromatic nitrogens is 6. The molecule has 12 unspecified atom stereocenters. The first-order chi connectivity index (χ1) is 42.4. The Balaban J connectivity index is 0.962. The molecule has 5 aromatic rings. The second kappa shape index (κ2) is 29.1. The van der Waals surface area contributed by atoms with Crippen LogP contribution in [0.1, 0.15) is 80.7 Å². The van der Waals surface area contributed by atoms with Gasteiger partial charge in [0.15, 0.2) is 31.1 Å². The van der Waals surface area contributed by atoms with E-state index in [1.165, 1.54) is 72.5 Å². The molecule has 2 aliphatic carbocycles. The second-order valence-electron chi connectivity index (χ2n) is 22.9. The Kier molecular flexibility index (Phi) is 21.3. The minimum absolute atomic E-state index is 0.0237. The number of aliphatic carboxylic acids is 1. The number of hydrogen-bond acceptors (Lipinski definition) is 23. The Morgan fingerprint density at radius 3 is 1.97 bits per heavy atom. The van der Waals surface area contributed by atoms with Crippen LogP contribution in [-0.2, 0) is 47.5 Å². The molecule has 10 rings (SSSR count). The molecule has 1 amide bonds. The van der Waals surface area contributed by atoms with Gasteiger partial charge in [-0.05, 0) is 68.5 Å². The average Bonchev–Trinajstić information content (AvgIpc) is 1.49. The van der Waals surface area contributed by atoms with Crippen molar-refractivity contribution < 1.29 is 107 Å². The number of carbonyl (C=O) groups is 3. The van der Waals surface area contributed by atoms with E-state index in [4.69, 9.17) is 37.9 Å². The first-order valence-corrected chi connectivity index (χ1v) is 29.4. The lowest BCUT2D eigenvalue weighted by molar-refractivity contribution is -0.348. The van der Waals surface area contributed by atoms with Crippen molar-refractivity contribution in [2.24, 2.45) is 11.8 Å². The third kappa shape index (κ3) is 14.8. The van der Waals surface area contributed by atoms with Crippen LogP contribution in [0, 0.1) is 23.5 Å². The summed E-state index contributed by atoms with van der Waals surface area (Å²) in [6.07, 6.45) is -21.2. The number of aliphatic hydroxyl groups is 8. The highest BCUT2D eigenvalue weighted by Gasteiger charge is 2.55. The maximum absolute atomic E-state index is 14.8. The van der Waals surface area contributed by atoms with Crippen LogP contribution < -0.4 is 5.32 Å². The number of amides is 1. The molecule has 478 valence electrons. The normalized spacial score (nSPS) is 33.3. The Hall–Kier alpha value is -6.39. The molecule has 0 spiro atoms. The summed E-state index contributed by atoms with van der Waals surface area (Å²) in [4.78, 5) is 42.0. The predicted molar refractivity (Wildman–Crippen MR) is 295 cm³/mol. The SMILES string of the molecule is CC1O[C@@H](OC2C(n3cc(-c4cccc(F)c4)nn3)CC(C(=O)NCCO[C@H]3OC(CO)[C@@H](O)C(n4cc(-c5cccc(F)c5)nn4)C3O)C[C@H]2O[C@@H]2OC(CO)[C@H](O)C(O[C@@H](CC3CCCCC3)C(=O)O)C2OC(=O)c2ccccc2)C(O)C(O)[C@@H]1O. The highest BCUT2D eigenvalue weighted by atomic mass is 19.1. The van der Waals surface area contributed by atoms with Gasteiger partial charge in [-0.3, -0.25) is 4.79 Å². The largest absolute Gasteiger partial charge is 0.479 e. The number of benzene rings is 3. The molecular formula is C59H73F2N7O20. The van der Waals surface area contributed by atoms with Gasteiger partial charge >= 0.3 is 11.9 Å². The fourth-order valence-electron chi connectivity index (χ4n) is 12.2. The fraction of sp³-hybridized carbons (Fsp3) is 0.576. The molecule has 0 bridgehead atoms. The maximum Gasteiger partial charge on any atom is 0.338 e. The number of nitrogens with one attached hydrogen (secondary N) is 1. The van der Waals surface area contributed by atoms with Crippen LogP contribution in [0.2, 0.25) is 0 Å². The van der Waals surface area contributed by atoms with Gasteiger partial charge in [0.2, 0.25) is 5.91 Å². The average molecular weight is 1240 g/mol. The summed E-state index contributed by atoms with van der Waals surface area (Å²) < 4.78 is 81.0. The zero-order valence-electron chi connectivity index (χ0n) is 47.7. The van der Waals surface area contributed by atoms with E-state index < -0.39 is 165 Å². The Morgan fingerprint density at radius 1 is 0.682 bits per heavy atom. The third-order valence-electron chi connectivity index (χ3n) is 16.9. The van der Waals surface area contributed by atoms with E-state index in [9.17, 15) is 69.1 Å². The highest BCUT2D eigenvalue weighted by Crippen LogP contribution is 2.42. The van der Waals surface area contributed by atoms with Crippen molar-refractivity contribution in [3.63, 3.8) is 0 Å². The number of esters is 1. The van der Waals surface area contributed by atoms with Crippen molar-refractivity contribution in [1.82, 2.24) is 35.3 Å². The summed E-state index contributed by atoms with van der Waals surface area (Å²) in [6, 6.07) is 16.2. The molecule has 2 saturated carbocycles. The monoisotopic (exact) mass is 1240 g/mol. The number of carboxylic acid groups (broad SMARTS) is 1. The fourth-order valence-corrected chi connectivity index (χ4v) is 12.2. The summed E-state index contributed by atoms with van der Waals surface area (Å²) in [5.41, 5.74) is 1.05. The van der Waals surface area contributed by atoms with Gasteiger partial charge in [-0.15, -0.1) is 10.2 Å². The van der Waals surface area contributed by atoms with Crippen molar-refractivity contribution in [3.8, 4) is 22.5 Å². The number of carboxylic acids is 1. The molecule has 3 saturated heterocycles. The Morgan fingerprint density at radius 2 is 1.32 bits per heavy atom. The van der Waals surface area contributed by atoms with Crippen LogP contribution in [0.4, 0.5) is 8.78 Å². The number of nitrogens with zero attached hydrogens (tertiary/aromatic N) is 6. The lowest BCUT2D eigenvalue weighted by Gasteiger charge is -2.48. The zero-order chi connectivity index (χ0) is 62.3. The molecule has 3 aromatic carbocycles. The number of hydrogen-bond donors (Lipinski definition) is 10. The molecule has 27 nitrogen and oxygen atoms in total. The molecule has 5 aliphatic rings. The molecule has 0 radical (unpaired) electrons. The molecule has 20 atom stereocenters. The molecule has 29 heteroatoms. The van der Waals surface area contributed by atoms with Gasteiger partial charge in [0, 0.05) is 23.6 Å². The first-order valence-electron chi connectivity index (χ1n) is 29.4. The minimum Gasteiger partial charge on any atom is -0.479 e. The van der Waals surface area contributed by atoms with E-state index in [1.54, 1.807) is 30.3 Å². The number of halogens is 2. The van der Waals surface area contributed by atoms with E-state index in [1.807, 2.05) is 0 Å². The quantitative estimate of drug-likeness (QED) is 0.0341. The molecule has 5 fully saturated rings. The Bertz CT molecular complexity index is 3110. The Labute approximate surface area is 502 Å². The molecule has 5 heterocycles. The first kappa shape index (κ1) is 64.6. The van der Waals surface area contributed by atoms with Gasteiger partial charge in [-0.1, -0.05) is 85.0 Å². The molecule has 88 heavy (non-hydrogen) atoms. The number of rotatable bonds is 22. The van der Waals surface area contributed by atoms with Crippen molar-refractivity contribution >= 4 is 17.8 Å². The van der Waals surface area contributed by atoms with Gasteiger partial charge in [0.05, 0.1) is 56.0 Å². The molecular weight excluding hydrogens is 1160 g/mol. The van der Waals surface area contributed by atoms with Crippen LogP contribution in [0.3, 0.4) is 0 Å². The zero-order valence-corrected chi connectivity index (χ0v) is 47.7. The highest BCUT2D eigenvalue weighted by molar-refractivity contribution is 5.89. The lowest BCUT2D eigenvalue weighted by atomic mass is 9.80. The van der Waals surface area contributed by atoms with Gasteiger partial charge in [-0.2, -0.15) is 0 Å². The van der Waals surface area contributed by atoms with E-state index in [0.29, 0.717) is 11.1 Å². The van der Waals surface area contributed by atoms with Crippen molar-refractivity contribution in [2.45, 2.75) is 175 Å². The molecule has 2 aromatic heterocycles. The summed E-state index contributed by atoms with van der Waals surface area (Å²) >= 11 is 0. The van der Waals surface area contributed by atoms with Crippen molar-refractivity contribution in [3.05, 3.63) is 108 Å².